The van der Waals surface area contributed by atoms with E-state index in [1.807, 2.05) is 0 Å². The fourth-order valence-electron chi connectivity index (χ4n) is 2.57. The summed E-state index contributed by atoms with van der Waals surface area (Å²) < 4.78 is 88.7. The summed E-state index contributed by atoms with van der Waals surface area (Å²) in [6.07, 6.45) is -8.71. The molecule has 0 radical (unpaired) electrons. The zero-order valence-corrected chi connectivity index (χ0v) is 16.2. The lowest BCUT2D eigenvalue weighted by atomic mass is 10.1. The standard InChI is InChI=1S/C19H11F6NO4S/c1-29-14-6-9(7-15-16(27)26-17(28)31-15)2-4-13(14)30-12-5-3-10(18(20,21)22)8-11(12)19(23,24)25/h2-8H,1H3,(H,26,27,28)/b15-7-. The summed E-state index contributed by atoms with van der Waals surface area (Å²) in [5, 5.41) is 1.52. The molecule has 1 heterocycles. The number of carbonyl (C=O) groups excluding carboxylic acids is 2. The van der Waals surface area contributed by atoms with E-state index in [-0.39, 0.29) is 22.5 Å². The second-order valence-corrected chi connectivity index (χ2v) is 7.09. The first-order chi connectivity index (χ1) is 14.4. The summed E-state index contributed by atoms with van der Waals surface area (Å²) >= 11 is 0.669. The molecule has 5 nitrogen and oxygen atoms in total. The lowest BCUT2D eigenvalue weighted by molar-refractivity contribution is -0.143. The monoisotopic (exact) mass is 463 g/mol. The number of thioether (sulfide) groups is 1. The van der Waals surface area contributed by atoms with Crippen molar-refractivity contribution in [1.29, 1.82) is 0 Å². The molecule has 2 aromatic carbocycles. The molecule has 1 aliphatic heterocycles. The van der Waals surface area contributed by atoms with Gasteiger partial charge < -0.3 is 9.47 Å². The van der Waals surface area contributed by atoms with Gasteiger partial charge in [-0.1, -0.05) is 6.07 Å². The Kier molecular flexibility index (Phi) is 5.94. The normalized spacial score (nSPS) is 15.9. The summed E-state index contributed by atoms with van der Waals surface area (Å²) in [4.78, 5) is 22.9. The van der Waals surface area contributed by atoms with Gasteiger partial charge in [-0.2, -0.15) is 26.3 Å². The van der Waals surface area contributed by atoms with E-state index in [0.717, 1.165) is 0 Å². The van der Waals surface area contributed by atoms with Crippen molar-refractivity contribution in [3.05, 3.63) is 58.0 Å². The fourth-order valence-corrected chi connectivity index (χ4v) is 3.25. The number of benzene rings is 2. The van der Waals surface area contributed by atoms with E-state index in [1.165, 1.54) is 31.4 Å². The van der Waals surface area contributed by atoms with Gasteiger partial charge in [0, 0.05) is 0 Å². The summed E-state index contributed by atoms with van der Waals surface area (Å²) in [7, 11) is 1.21. The molecule has 0 aliphatic carbocycles. The number of hydrogen-bond acceptors (Lipinski definition) is 5. The van der Waals surface area contributed by atoms with Gasteiger partial charge in [-0.3, -0.25) is 14.9 Å². The average molecular weight is 463 g/mol. The van der Waals surface area contributed by atoms with E-state index in [9.17, 15) is 35.9 Å². The summed E-state index contributed by atoms with van der Waals surface area (Å²) in [5.74, 6) is -1.69. The van der Waals surface area contributed by atoms with Gasteiger partial charge >= 0.3 is 12.4 Å². The lowest BCUT2D eigenvalue weighted by Crippen LogP contribution is -2.17. The molecule has 0 aromatic heterocycles. The lowest BCUT2D eigenvalue weighted by Gasteiger charge is -2.17. The maximum atomic E-state index is 13.3. The number of nitrogens with one attached hydrogen (secondary N) is 1. The van der Waals surface area contributed by atoms with Gasteiger partial charge in [-0.05, 0) is 53.7 Å². The molecule has 1 fully saturated rings. The highest BCUT2D eigenvalue weighted by molar-refractivity contribution is 8.18. The largest absolute Gasteiger partial charge is 0.493 e. The van der Waals surface area contributed by atoms with Crippen LogP contribution in [0.5, 0.6) is 17.2 Å². The Bertz CT molecular complexity index is 1080. The van der Waals surface area contributed by atoms with Gasteiger partial charge in [0.15, 0.2) is 11.5 Å². The van der Waals surface area contributed by atoms with E-state index in [4.69, 9.17) is 9.47 Å². The Morgan fingerprint density at radius 3 is 2.13 bits per heavy atom. The van der Waals surface area contributed by atoms with E-state index >= 15 is 0 Å². The topological polar surface area (TPSA) is 64.6 Å². The van der Waals surface area contributed by atoms with Crippen LogP contribution in [0.15, 0.2) is 41.3 Å². The van der Waals surface area contributed by atoms with Crippen LogP contribution >= 0.6 is 11.8 Å². The Balaban J connectivity index is 1.97. The van der Waals surface area contributed by atoms with Crippen molar-refractivity contribution in [1.82, 2.24) is 5.32 Å². The average Bonchev–Trinajstić information content (AvgIpc) is 2.98. The van der Waals surface area contributed by atoms with Crippen LogP contribution in [-0.4, -0.2) is 18.3 Å². The van der Waals surface area contributed by atoms with E-state index in [0.29, 0.717) is 29.5 Å². The van der Waals surface area contributed by atoms with Crippen molar-refractivity contribution >= 4 is 29.0 Å². The number of carbonyl (C=O) groups is 2. The minimum Gasteiger partial charge on any atom is -0.493 e. The third kappa shape index (κ3) is 5.13. The Labute approximate surface area is 175 Å². The third-order valence-corrected chi connectivity index (χ3v) is 4.77. The maximum Gasteiger partial charge on any atom is 0.420 e. The molecule has 2 amide bonds. The van der Waals surface area contributed by atoms with Crippen LogP contribution in [0, 0.1) is 0 Å². The highest BCUT2D eigenvalue weighted by Crippen LogP contribution is 2.43. The summed E-state index contributed by atoms with van der Waals surface area (Å²) in [6.45, 7) is 0. The number of hydrogen-bond donors (Lipinski definition) is 1. The van der Waals surface area contributed by atoms with Gasteiger partial charge in [-0.15, -0.1) is 0 Å². The van der Waals surface area contributed by atoms with Crippen LogP contribution in [0.25, 0.3) is 6.08 Å². The number of imide groups is 1. The second kappa shape index (κ2) is 8.17. The molecule has 0 spiro atoms. The molecule has 31 heavy (non-hydrogen) atoms. The number of halogens is 6. The van der Waals surface area contributed by atoms with Crippen molar-refractivity contribution in [3.8, 4) is 17.2 Å². The molecule has 1 N–H and O–H groups in total. The fraction of sp³-hybridized carbons (Fsp3) is 0.158. The Hall–Kier alpha value is -3.15. The molecule has 0 bridgehead atoms. The van der Waals surface area contributed by atoms with Crippen LogP contribution in [0.4, 0.5) is 31.1 Å². The predicted octanol–water partition coefficient (Wildman–Crippen LogP) is 5.85. The first-order valence-electron chi connectivity index (χ1n) is 8.27. The highest BCUT2D eigenvalue weighted by atomic mass is 32.2. The zero-order valence-electron chi connectivity index (χ0n) is 15.4. The smallest absolute Gasteiger partial charge is 0.420 e. The molecule has 1 aliphatic rings. The first-order valence-corrected chi connectivity index (χ1v) is 9.09. The number of methoxy groups -OCH3 is 1. The molecule has 0 atom stereocenters. The molecule has 3 rings (SSSR count). The van der Waals surface area contributed by atoms with Crippen molar-refractivity contribution in [3.63, 3.8) is 0 Å². The Morgan fingerprint density at radius 2 is 1.58 bits per heavy atom. The van der Waals surface area contributed by atoms with Crippen LogP contribution in [0.1, 0.15) is 16.7 Å². The SMILES string of the molecule is COc1cc(/C=C2\SC(=O)NC2=O)ccc1Oc1ccc(C(F)(F)F)cc1C(F)(F)F. The number of amides is 2. The van der Waals surface area contributed by atoms with E-state index in [2.05, 4.69) is 5.32 Å². The summed E-state index contributed by atoms with van der Waals surface area (Å²) in [5.41, 5.74) is -2.70. The Morgan fingerprint density at radius 1 is 0.903 bits per heavy atom. The van der Waals surface area contributed by atoms with E-state index < -0.39 is 40.4 Å². The maximum absolute atomic E-state index is 13.3. The zero-order chi connectivity index (χ0) is 23.0. The minimum absolute atomic E-state index is 0.0342. The van der Waals surface area contributed by atoms with Gasteiger partial charge in [0.05, 0.1) is 23.1 Å². The molecule has 0 unspecified atom stereocenters. The van der Waals surface area contributed by atoms with Crippen LogP contribution in [0.2, 0.25) is 0 Å². The van der Waals surface area contributed by atoms with Crippen molar-refractivity contribution in [2.45, 2.75) is 12.4 Å². The number of rotatable bonds is 4. The summed E-state index contributed by atoms with van der Waals surface area (Å²) in [6, 6.07) is 4.94. The highest BCUT2D eigenvalue weighted by Gasteiger charge is 2.39. The second-order valence-electron chi connectivity index (χ2n) is 6.07. The molecule has 12 heteroatoms. The predicted molar refractivity (Wildman–Crippen MR) is 98.6 cm³/mol. The van der Waals surface area contributed by atoms with Crippen LogP contribution < -0.4 is 14.8 Å². The number of ether oxygens (including phenoxy) is 2. The van der Waals surface area contributed by atoms with Crippen LogP contribution in [-0.2, 0) is 17.1 Å². The quantitative estimate of drug-likeness (QED) is 0.455. The first kappa shape index (κ1) is 22.5. The van der Waals surface area contributed by atoms with E-state index in [1.54, 1.807) is 0 Å². The van der Waals surface area contributed by atoms with Gasteiger partial charge in [0.25, 0.3) is 11.1 Å². The molecule has 2 aromatic rings. The van der Waals surface area contributed by atoms with Crippen molar-refractivity contribution in [2.75, 3.05) is 7.11 Å². The van der Waals surface area contributed by atoms with Crippen LogP contribution in [0.3, 0.4) is 0 Å². The third-order valence-electron chi connectivity index (χ3n) is 3.96. The van der Waals surface area contributed by atoms with Crippen molar-refractivity contribution < 1.29 is 45.4 Å². The van der Waals surface area contributed by atoms with Crippen molar-refractivity contribution in [2.24, 2.45) is 0 Å². The molecular formula is C19H11F6NO4S. The van der Waals surface area contributed by atoms with Gasteiger partial charge in [0.2, 0.25) is 0 Å². The van der Waals surface area contributed by atoms with Gasteiger partial charge in [0.1, 0.15) is 5.75 Å². The molecule has 164 valence electrons. The van der Waals surface area contributed by atoms with Gasteiger partial charge in [-0.25, -0.2) is 0 Å². The molecule has 1 saturated heterocycles. The number of alkyl halides is 6. The molecule has 0 saturated carbocycles. The minimum atomic E-state index is -5.10. The molecular weight excluding hydrogens is 452 g/mol.